The first-order chi connectivity index (χ1) is 16.0. The number of carbonyl (C=O) groups excluding carboxylic acids is 2. The van der Waals surface area contributed by atoms with Crippen LogP contribution in [0, 0.1) is 23.2 Å². The Kier molecular flexibility index (Phi) is 6.40. The first kappa shape index (κ1) is 22.7. The molecule has 0 unspecified atom stereocenters. The minimum Gasteiger partial charge on any atom is -0.465 e. The van der Waals surface area contributed by atoms with E-state index in [1.165, 1.54) is 31.0 Å². The Morgan fingerprint density at radius 2 is 1.82 bits per heavy atom. The first-order valence-electron chi connectivity index (χ1n) is 11.7. The molecule has 0 aliphatic heterocycles. The summed E-state index contributed by atoms with van der Waals surface area (Å²) in [5.74, 6) is 2.67. The molecule has 7 nitrogen and oxygen atoms in total. The molecule has 4 aliphatic carbocycles. The number of amides is 1. The zero-order valence-electron chi connectivity index (χ0n) is 18.8. The summed E-state index contributed by atoms with van der Waals surface area (Å²) in [5.41, 5.74) is 0.500. The molecule has 4 aliphatic rings. The molecule has 33 heavy (non-hydrogen) atoms. The van der Waals surface area contributed by atoms with Crippen LogP contribution in [0.25, 0.3) is 5.69 Å². The van der Waals surface area contributed by atoms with E-state index in [0.717, 1.165) is 24.9 Å². The maximum Gasteiger partial charge on any atom is 0.316 e. The number of hydrogen-bond donors (Lipinski definition) is 1. The Morgan fingerprint density at radius 1 is 1.15 bits per heavy atom. The molecule has 6 rings (SSSR count). The molecule has 9 heteroatoms. The smallest absolute Gasteiger partial charge is 0.316 e. The number of para-hydroxylation sites is 1. The number of benzene rings is 1. The van der Waals surface area contributed by atoms with Crippen LogP contribution < -0.4 is 5.32 Å². The fourth-order valence-corrected chi connectivity index (χ4v) is 7.43. The van der Waals surface area contributed by atoms with Crippen LogP contribution in [-0.4, -0.2) is 39.0 Å². The summed E-state index contributed by atoms with van der Waals surface area (Å²) in [4.78, 5) is 25.3. The highest BCUT2D eigenvalue weighted by molar-refractivity contribution is 7.99. The Labute approximate surface area is 203 Å². The van der Waals surface area contributed by atoms with Gasteiger partial charge in [0.15, 0.2) is 11.0 Å². The molecule has 0 atom stereocenters. The van der Waals surface area contributed by atoms with E-state index in [1.807, 2.05) is 22.8 Å². The van der Waals surface area contributed by atoms with Crippen LogP contribution in [0.15, 0.2) is 29.4 Å². The zero-order valence-corrected chi connectivity index (χ0v) is 20.3. The van der Waals surface area contributed by atoms with Crippen molar-refractivity contribution in [1.29, 1.82) is 0 Å². The summed E-state index contributed by atoms with van der Waals surface area (Å²) in [7, 11) is 0. The van der Waals surface area contributed by atoms with Crippen molar-refractivity contribution in [3.63, 3.8) is 0 Å². The van der Waals surface area contributed by atoms with E-state index in [1.54, 1.807) is 13.0 Å². The molecule has 0 saturated heterocycles. The van der Waals surface area contributed by atoms with Crippen LogP contribution in [0.2, 0.25) is 5.02 Å². The molecule has 4 fully saturated rings. The van der Waals surface area contributed by atoms with Crippen molar-refractivity contribution >= 4 is 35.2 Å². The van der Waals surface area contributed by atoms with E-state index < -0.39 is 0 Å². The fourth-order valence-electron chi connectivity index (χ4n) is 6.45. The van der Waals surface area contributed by atoms with Crippen LogP contribution in [0.4, 0.5) is 0 Å². The topological polar surface area (TPSA) is 86.1 Å². The quantitative estimate of drug-likeness (QED) is 0.437. The molecule has 1 heterocycles. The predicted molar refractivity (Wildman–Crippen MR) is 126 cm³/mol. The molecule has 1 amide bonds. The minimum absolute atomic E-state index is 0.121. The summed E-state index contributed by atoms with van der Waals surface area (Å²) < 4.78 is 6.86. The van der Waals surface area contributed by atoms with Crippen molar-refractivity contribution in [1.82, 2.24) is 20.1 Å². The highest BCUT2D eigenvalue weighted by Crippen LogP contribution is 2.60. The van der Waals surface area contributed by atoms with Crippen molar-refractivity contribution in [2.24, 2.45) is 23.2 Å². The van der Waals surface area contributed by atoms with E-state index in [-0.39, 0.29) is 29.6 Å². The average molecular weight is 489 g/mol. The number of thioether (sulfide) groups is 1. The number of hydrogen-bond acceptors (Lipinski definition) is 6. The molecule has 1 aromatic heterocycles. The lowest BCUT2D eigenvalue weighted by Crippen LogP contribution is -2.53. The third-order valence-electron chi connectivity index (χ3n) is 7.35. The number of rotatable bonds is 8. The minimum atomic E-state index is -0.312. The standard InChI is InChI=1S/C24H29ClN4O3S/c1-2-32-21(30)14-33-23-28-27-20(29(23)19-6-4-3-5-18(19)25)13-26-22(31)24-10-15-7-16(11-24)9-17(8-15)12-24/h3-6,15-17H,2,7-14H2,1H3,(H,26,31). The fraction of sp³-hybridized carbons (Fsp3) is 0.583. The van der Waals surface area contributed by atoms with Crippen LogP contribution in [-0.2, 0) is 20.9 Å². The Hall–Kier alpha value is -2.06. The number of halogens is 1. The molecule has 176 valence electrons. The maximum atomic E-state index is 13.4. The largest absolute Gasteiger partial charge is 0.465 e. The highest BCUT2D eigenvalue weighted by atomic mass is 35.5. The Morgan fingerprint density at radius 3 is 2.45 bits per heavy atom. The monoisotopic (exact) mass is 488 g/mol. The second kappa shape index (κ2) is 9.29. The molecule has 4 bridgehead atoms. The summed E-state index contributed by atoms with van der Waals surface area (Å²) in [6, 6.07) is 7.42. The molecule has 1 N–H and O–H groups in total. The van der Waals surface area contributed by atoms with Gasteiger partial charge in [0, 0.05) is 5.41 Å². The van der Waals surface area contributed by atoms with E-state index in [4.69, 9.17) is 16.3 Å². The predicted octanol–water partition coefficient (Wildman–Crippen LogP) is 4.41. The van der Waals surface area contributed by atoms with Gasteiger partial charge >= 0.3 is 5.97 Å². The molecule has 0 radical (unpaired) electrons. The number of ether oxygens (including phenoxy) is 1. The zero-order chi connectivity index (χ0) is 23.0. The molecular weight excluding hydrogens is 460 g/mol. The number of esters is 1. The number of nitrogens with zero attached hydrogens (tertiary/aromatic N) is 3. The second-order valence-electron chi connectivity index (χ2n) is 9.66. The van der Waals surface area contributed by atoms with Gasteiger partial charge in [-0.05, 0) is 75.3 Å². The SMILES string of the molecule is CCOC(=O)CSc1nnc(CNC(=O)C23CC4CC(CC(C4)C2)C3)n1-c1ccccc1Cl. The van der Waals surface area contributed by atoms with Gasteiger partial charge in [-0.25, -0.2) is 0 Å². The Bertz CT molecular complexity index is 1020. The lowest BCUT2D eigenvalue weighted by Gasteiger charge is -2.55. The highest BCUT2D eigenvalue weighted by Gasteiger charge is 2.54. The maximum absolute atomic E-state index is 13.4. The summed E-state index contributed by atoms with van der Waals surface area (Å²) in [5, 5.41) is 12.9. The number of nitrogens with one attached hydrogen (secondary N) is 1. The van der Waals surface area contributed by atoms with Crippen molar-refractivity contribution in [3.8, 4) is 5.69 Å². The van der Waals surface area contributed by atoms with Crippen LogP contribution in [0.3, 0.4) is 0 Å². The molecule has 1 aromatic carbocycles. The van der Waals surface area contributed by atoms with Gasteiger partial charge in [-0.1, -0.05) is 35.5 Å². The summed E-state index contributed by atoms with van der Waals surface area (Å²) >= 11 is 7.73. The molecular formula is C24H29ClN4O3S. The Balaban J connectivity index is 1.35. The summed E-state index contributed by atoms with van der Waals surface area (Å²) in [6.07, 6.45) is 6.95. The molecule has 4 saturated carbocycles. The normalized spacial score (nSPS) is 27.5. The van der Waals surface area contributed by atoms with Gasteiger partial charge in [-0.3, -0.25) is 14.2 Å². The van der Waals surface area contributed by atoms with Crippen molar-refractivity contribution in [3.05, 3.63) is 35.1 Å². The van der Waals surface area contributed by atoms with Gasteiger partial charge in [0.1, 0.15) is 0 Å². The second-order valence-corrected chi connectivity index (χ2v) is 11.0. The van der Waals surface area contributed by atoms with E-state index in [9.17, 15) is 9.59 Å². The molecule has 0 spiro atoms. The van der Waals surface area contributed by atoms with Gasteiger partial charge in [0.25, 0.3) is 0 Å². The van der Waals surface area contributed by atoms with Crippen molar-refractivity contribution < 1.29 is 14.3 Å². The van der Waals surface area contributed by atoms with E-state index >= 15 is 0 Å². The van der Waals surface area contributed by atoms with Gasteiger partial charge in [0.2, 0.25) is 5.91 Å². The van der Waals surface area contributed by atoms with Gasteiger partial charge in [-0.15, -0.1) is 10.2 Å². The lowest BCUT2D eigenvalue weighted by molar-refractivity contribution is -0.146. The van der Waals surface area contributed by atoms with Crippen molar-refractivity contribution in [2.75, 3.05) is 12.4 Å². The lowest BCUT2D eigenvalue weighted by atomic mass is 9.49. The van der Waals surface area contributed by atoms with Gasteiger partial charge < -0.3 is 10.1 Å². The number of aromatic nitrogens is 3. The van der Waals surface area contributed by atoms with Crippen LogP contribution in [0.5, 0.6) is 0 Å². The van der Waals surface area contributed by atoms with Gasteiger partial charge in [-0.2, -0.15) is 0 Å². The third-order valence-corrected chi connectivity index (χ3v) is 8.57. The van der Waals surface area contributed by atoms with E-state index in [0.29, 0.717) is 40.4 Å². The molecule has 2 aromatic rings. The van der Waals surface area contributed by atoms with E-state index in [2.05, 4.69) is 15.5 Å². The number of carbonyl (C=O) groups is 2. The average Bonchev–Trinajstić information content (AvgIpc) is 3.18. The van der Waals surface area contributed by atoms with Crippen LogP contribution >= 0.6 is 23.4 Å². The first-order valence-corrected chi connectivity index (χ1v) is 13.1. The summed E-state index contributed by atoms with van der Waals surface area (Å²) in [6.45, 7) is 2.37. The van der Waals surface area contributed by atoms with Crippen LogP contribution in [0.1, 0.15) is 51.3 Å². The third kappa shape index (κ3) is 4.52. The van der Waals surface area contributed by atoms with Gasteiger partial charge in [0.05, 0.1) is 29.6 Å². The van der Waals surface area contributed by atoms with Crippen molar-refractivity contribution in [2.45, 2.75) is 57.1 Å².